The van der Waals surface area contributed by atoms with Crippen molar-refractivity contribution >= 4 is 28.3 Å². The largest absolute Gasteiger partial charge is 0.368 e. The first kappa shape index (κ1) is 24.7. The van der Waals surface area contributed by atoms with Crippen LogP contribution in [0, 0.1) is 6.92 Å². The second kappa shape index (κ2) is 11.0. The number of ketones is 1. The number of rotatable bonds is 7. The average Bonchev–Trinajstić information content (AvgIpc) is 2.97. The van der Waals surface area contributed by atoms with Gasteiger partial charge in [0.2, 0.25) is 0 Å². The molecule has 0 spiro atoms. The normalized spacial score (nSPS) is 13.6. The molecule has 6 nitrogen and oxygen atoms in total. The number of pyridine rings is 1. The fourth-order valence-corrected chi connectivity index (χ4v) is 5.24. The predicted octanol–water partition coefficient (Wildman–Crippen LogP) is 5.68. The molecule has 5 aromatic rings. The number of aryl methyl sites for hydroxylation is 1. The van der Waals surface area contributed by atoms with Gasteiger partial charge in [-0.25, -0.2) is 4.98 Å². The van der Waals surface area contributed by atoms with Crippen molar-refractivity contribution in [1.29, 1.82) is 0 Å². The summed E-state index contributed by atoms with van der Waals surface area (Å²) >= 11 is 0. The molecule has 1 fully saturated rings. The number of carbonyl (C=O) groups is 1. The number of hydrogen-bond acceptors (Lipinski definition) is 6. The number of fused-ring (bicyclic) bond motifs is 1. The van der Waals surface area contributed by atoms with Crippen molar-refractivity contribution in [3.05, 3.63) is 114 Å². The summed E-state index contributed by atoms with van der Waals surface area (Å²) < 4.78 is 0. The molecule has 194 valence electrons. The summed E-state index contributed by atoms with van der Waals surface area (Å²) in [7, 11) is 0. The Morgan fingerprint density at radius 3 is 2.23 bits per heavy atom. The summed E-state index contributed by atoms with van der Waals surface area (Å²) in [6.45, 7) is 5.71. The minimum absolute atomic E-state index is 0.225. The van der Waals surface area contributed by atoms with Crippen LogP contribution in [0.4, 0.5) is 11.5 Å². The maximum absolute atomic E-state index is 12.6. The van der Waals surface area contributed by atoms with E-state index in [0.717, 1.165) is 65.3 Å². The lowest BCUT2D eigenvalue weighted by Gasteiger charge is -2.36. The monoisotopic (exact) mass is 513 g/mol. The zero-order valence-corrected chi connectivity index (χ0v) is 22.1. The lowest BCUT2D eigenvalue weighted by molar-refractivity contribution is -0.117. The minimum Gasteiger partial charge on any atom is -0.368 e. The number of carbonyl (C=O) groups excluding carboxylic acids is 1. The molecule has 0 radical (unpaired) electrons. The number of anilines is 2. The van der Waals surface area contributed by atoms with Gasteiger partial charge in [-0.15, -0.1) is 0 Å². The van der Waals surface area contributed by atoms with Crippen molar-refractivity contribution in [3.63, 3.8) is 0 Å². The van der Waals surface area contributed by atoms with Crippen LogP contribution in [0.2, 0.25) is 0 Å². The van der Waals surface area contributed by atoms with E-state index >= 15 is 0 Å². The van der Waals surface area contributed by atoms with Crippen LogP contribution in [0.3, 0.4) is 0 Å². The molecule has 0 unspecified atom stereocenters. The second-order valence-corrected chi connectivity index (χ2v) is 10.2. The van der Waals surface area contributed by atoms with Crippen LogP contribution in [0.1, 0.15) is 16.7 Å². The predicted molar refractivity (Wildman–Crippen MR) is 157 cm³/mol. The average molecular weight is 514 g/mol. The number of hydrogen-bond donors (Lipinski definition) is 0. The van der Waals surface area contributed by atoms with Gasteiger partial charge in [-0.3, -0.25) is 14.8 Å². The number of piperazine rings is 1. The van der Waals surface area contributed by atoms with Gasteiger partial charge in [-0.2, -0.15) is 0 Å². The lowest BCUT2D eigenvalue weighted by atomic mass is 9.99. The van der Waals surface area contributed by atoms with E-state index in [2.05, 4.69) is 82.4 Å². The third-order valence-corrected chi connectivity index (χ3v) is 7.33. The summed E-state index contributed by atoms with van der Waals surface area (Å²) in [5.41, 5.74) is 8.46. The standard InChI is InChI=1S/C33H31N5O/c1-24-3-2-4-26(19-24)21-30(39)20-25-5-7-27(8-6-25)28-9-10-31-32(22-28)36-33(23-35-31)38-17-15-37(16-18-38)29-11-13-34-14-12-29/h2-14,19,22-23H,15-18,20-21H2,1H3. The van der Waals surface area contributed by atoms with E-state index in [0.29, 0.717) is 12.8 Å². The molecule has 1 aliphatic heterocycles. The Hall–Kier alpha value is -4.58. The zero-order chi connectivity index (χ0) is 26.6. The van der Waals surface area contributed by atoms with Crippen molar-refractivity contribution in [2.24, 2.45) is 0 Å². The quantitative estimate of drug-likeness (QED) is 0.279. The molecular weight excluding hydrogens is 482 g/mol. The van der Waals surface area contributed by atoms with Gasteiger partial charge in [-0.05, 0) is 53.4 Å². The van der Waals surface area contributed by atoms with Gasteiger partial charge in [0.1, 0.15) is 11.6 Å². The van der Waals surface area contributed by atoms with Gasteiger partial charge in [0.25, 0.3) is 0 Å². The van der Waals surface area contributed by atoms with E-state index in [-0.39, 0.29) is 5.78 Å². The molecular formula is C33H31N5O. The molecule has 39 heavy (non-hydrogen) atoms. The first-order chi connectivity index (χ1) is 19.1. The van der Waals surface area contributed by atoms with Crippen LogP contribution in [-0.2, 0) is 17.6 Å². The van der Waals surface area contributed by atoms with E-state index < -0.39 is 0 Å². The molecule has 0 amide bonds. The molecule has 0 bridgehead atoms. The number of nitrogens with zero attached hydrogens (tertiary/aromatic N) is 5. The van der Waals surface area contributed by atoms with Gasteiger partial charge >= 0.3 is 0 Å². The van der Waals surface area contributed by atoms with Gasteiger partial charge in [0, 0.05) is 57.1 Å². The number of aromatic nitrogens is 3. The first-order valence-corrected chi connectivity index (χ1v) is 13.4. The molecule has 0 aliphatic carbocycles. The minimum atomic E-state index is 0.225. The Balaban J connectivity index is 1.13. The SMILES string of the molecule is Cc1cccc(CC(=O)Cc2ccc(-c3ccc4ncc(N5CCN(c6ccncc6)CC5)nc4c3)cc2)c1. The highest BCUT2D eigenvalue weighted by molar-refractivity contribution is 5.84. The van der Waals surface area contributed by atoms with E-state index in [4.69, 9.17) is 9.97 Å². The van der Waals surface area contributed by atoms with Crippen molar-refractivity contribution in [2.45, 2.75) is 19.8 Å². The summed E-state index contributed by atoms with van der Waals surface area (Å²) in [4.78, 5) is 31.1. The van der Waals surface area contributed by atoms with Crippen LogP contribution < -0.4 is 9.80 Å². The third-order valence-electron chi connectivity index (χ3n) is 7.33. The van der Waals surface area contributed by atoms with E-state index in [9.17, 15) is 4.79 Å². The van der Waals surface area contributed by atoms with Crippen molar-refractivity contribution in [2.75, 3.05) is 36.0 Å². The summed E-state index contributed by atoms with van der Waals surface area (Å²) in [5.74, 6) is 1.14. The number of Topliss-reactive ketones (excluding diaryl/α,β-unsaturated/α-hetero) is 1. The molecule has 0 saturated carbocycles. The maximum atomic E-state index is 12.6. The van der Waals surface area contributed by atoms with Crippen LogP contribution in [0.25, 0.3) is 22.2 Å². The summed E-state index contributed by atoms with van der Waals surface area (Å²) in [5, 5.41) is 0. The van der Waals surface area contributed by atoms with Crippen molar-refractivity contribution in [3.8, 4) is 11.1 Å². The van der Waals surface area contributed by atoms with Gasteiger partial charge in [-0.1, -0.05) is 60.2 Å². The molecule has 3 aromatic carbocycles. The highest BCUT2D eigenvalue weighted by Gasteiger charge is 2.19. The highest BCUT2D eigenvalue weighted by atomic mass is 16.1. The summed E-state index contributed by atoms with van der Waals surface area (Å²) in [6, 6.07) is 26.8. The van der Waals surface area contributed by atoms with E-state index in [1.165, 1.54) is 11.3 Å². The van der Waals surface area contributed by atoms with E-state index in [1.807, 2.05) is 36.8 Å². The molecule has 2 aromatic heterocycles. The van der Waals surface area contributed by atoms with Crippen molar-refractivity contribution < 1.29 is 4.79 Å². The Morgan fingerprint density at radius 2 is 1.46 bits per heavy atom. The Bertz CT molecular complexity index is 1590. The molecule has 3 heterocycles. The van der Waals surface area contributed by atoms with Crippen LogP contribution in [-0.4, -0.2) is 46.9 Å². The fourth-order valence-electron chi connectivity index (χ4n) is 5.24. The Kier molecular flexibility index (Phi) is 7.00. The Morgan fingerprint density at radius 1 is 0.744 bits per heavy atom. The molecule has 1 saturated heterocycles. The summed E-state index contributed by atoms with van der Waals surface area (Å²) in [6.07, 6.45) is 6.47. The third kappa shape index (κ3) is 5.80. The molecule has 0 N–H and O–H groups in total. The smallest absolute Gasteiger partial charge is 0.147 e. The fraction of sp³-hybridized carbons (Fsp3) is 0.212. The molecule has 1 aliphatic rings. The Labute approximate surface area is 229 Å². The molecule has 6 heteroatoms. The molecule has 0 atom stereocenters. The van der Waals surface area contributed by atoms with Crippen LogP contribution in [0.5, 0.6) is 0 Å². The second-order valence-electron chi connectivity index (χ2n) is 10.2. The van der Waals surface area contributed by atoms with Gasteiger partial charge in [0.05, 0.1) is 17.2 Å². The molecule has 6 rings (SSSR count). The van der Waals surface area contributed by atoms with Crippen LogP contribution >= 0.6 is 0 Å². The topological polar surface area (TPSA) is 62.2 Å². The number of benzene rings is 3. The lowest BCUT2D eigenvalue weighted by Crippen LogP contribution is -2.46. The maximum Gasteiger partial charge on any atom is 0.147 e. The highest BCUT2D eigenvalue weighted by Crippen LogP contribution is 2.26. The first-order valence-electron chi connectivity index (χ1n) is 13.4. The van der Waals surface area contributed by atoms with Crippen molar-refractivity contribution in [1.82, 2.24) is 15.0 Å². The van der Waals surface area contributed by atoms with Gasteiger partial charge in [0.15, 0.2) is 0 Å². The van der Waals surface area contributed by atoms with Gasteiger partial charge < -0.3 is 9.80 Å². The van der Waals surface area contributed by atoms with E-state index in [1.54, 1.807) is 0 Å². The van der Waals surface area contributed by atoms with Crippen LogP contribution in [0.15, 0.2) is 97.5 Å². The zero-order valence-electron chi connectivity index (χ0n) is 22.1.